The van der Waals surface area contributed by atoms with Crippen molar-refractivity contribution in [2.75, 3.05) is 13.1 Å². The molecule has 1 aromatic heterocycles. The van der Waals surface area contributed by atoms with Gasteiger partial charge in [0.2, 0.25) is 10.0 Å². The zero-order chi connectivity index (χ0) is 13.0. The molecule has 0 radical (unpaired) electrons. The summed E-state index contributed by atoms with van der Waals surface area (Å²) in [6.07, 6.45) is 6.18. The second-order valence-corrected chi connectivity index (χ2v) is 6.49. The van der Waals surface area contributed by atoms with E-state index in [4.69, 9.17) is 0 Å². The Balaban J connectivity index is 2.06. The van der Waals surface area contributed by atoms with Crippen LogP contribution in [0.2, 0.25) is 0 Å². The Labute approximate surface area is 107 Å². The SMILES string of the molecule is C[C@@H](c1cnccn1)S(=O)(=O)NC1CCNCC1. The second kappa shape index (κ2) is 5.73. The summed E-state index contributed by atoms with van der Waals surface area (Å²) in [5, 5.41) is 2.52. The summed E-state index contributed by atoms with van der Waals surface area (Å²) < 4.78 is 27.2. The van der Waals surface area contributed by atoms with Gasteiger partial charge in [0.1, 0.15) is 5.25 Å². The monoisotopic (exact) mass is 270 g/mol. The van der Waals surface area contributed by atoms with Gasteiger partial charge in [-0.25, -0.2) is 13.1 Å². The summed E-state index contributed by atoms with van der Waals surface area (Å²) in [6.45, 7) is 3.34. The molecule has 0 spiro atoms. The number of sulfonamides is 1. The molecule has 2 N–H and O–H groups in total. The standard InChI is InChI=1S/C11H18N4O2S/c1-9(11-8-13-6-7-14-11)18(16,17)15-10-2-4-12-5-3-10/h6-10,12,15H,2-5H2,1H3/t9-/m0/s1. The van der Waals surface area contributed by atoms with Crippen molar-refractivity contribution in [3.63, 3.8) is 0 Å². The third kappa shape index (κ3) is 3.24. The molecule has 0 amide bonds. The number of piperidine rings is 1. The lowest BCUT2D eigenvalue weighted by Gasteiger charge is -2.25. The van der Waals surface area contributed by atoms with Gasteiger partial charge in [0.05, 0.1) is 5.69 Å². The highest BCUT2D eigenvalue weighted by Gasteiger charge is 2.27. The van der Waals surface area contributed by atoms with Gasteiger partial charge in [-0.05, 0) is 32.9 Å². The van der Waals surface area contributed by atoms with Gasteiger partial charge in [-0.15, -0.1) is 0 Å². The van der Waals surface area contributed by atoms with Gasteiger partial charge in [0, 0.05) is 24.6 Å². The van der Waals surface area contributed by atoms with Crippen LogP contribution in [0.15, 0.2) is 18.6 Å². The Morgan fingerprint density at radius 1 is 1.39 bits per heavy atom. The predicted octanol–water partition coefficient (Wildman–Crippen LogP) is 0.209. The topological polar surface area (TPSA) is 84.0 Å². The van der Waals surface area contributed by atoms with E-state index in [0.29, 0.717) is 5.69 Å². The first kappa shape index (κ1) is 13.4. The molecule has 0 unspecified atom stereocenters. The van der Waals surface area contributed by atoms with E-state index < -0.39 is 15.3 Å². The molecule has 1 saturated heterocycles. The fourth-order valence-corrected chi connectivity index (χ4v) is 3.30. The molecule has 100 valence electrons. The highest BCUT2D eigenvalue weighted by atomic mass is 32.2. The van der Waals surface area contributed by atoms with Crippen molar-refractivity contribution in [3.8, 4) is 0 Å². The largest absolute Gasteiger partial charge is 0.317 e. The van der Waals surface area contributed by atoms with Crippen LogP contribution in [0, 0.1) is 0 Å². The molecule has 1 fully saturated rings. The first-order valence-corrected chi connectivity index (χ1v) is 7.62. The molecule has 6 nitrogen and oxygen atoms in total. The van der Waals surface area contributed by atoms with Crippen LogP contribution in [-0.2, 0) is 10.0 Å². The molecule has 1 atom stereocenters. The lowest BCUT2D eigenvalue weighted by molar-refractivity contribution is 0.425. The summed E-state index contributed by atoms with van der Waals surface area (Å²) in [6, 6.07) is 0.0235. The van der Waals surface area contributed by atoms with Gasteiger partial charge in [0.25, 0.3) is 0 Å². The maximum Gasteiger partial charge on any atom is 0.220 e. The Hall–Kier alpha value is -1.05. The number of hydrogen-bond acceptors (Lipinski definition) is 5. The molecule has 2 heterocycles. The molecule has 0 aromatic carbocycles. The Morgan fingerprint density at radius 2 is 2.11 bits per heavy atom. The number of hydrogen-bond donors (Lipinski definition) is 2. The number of rotatable bonds is 4. The van der Waals surface area contributed by atoms with Crippen molar-refractivity contribution < 1.29 is 8.42 Å². The molecule has 18 heavy (non-hydrogen) atoms. The minimum atomic E-state index is -3.39. The smallest absolute Gasteiger partial charge is 0.220 e. The maximum atomic E-state index is 12.2. The number of nitrogens with one attached hydrogen (secondary N) is 2. The van der Waals surface area contributed by atoms with Crippen molar-refractivity contribution in [2.24, 2.45) is 0 Å². The third-order valence-electron chi connectivity index (χ3n) is 3.14. The third-order valence-corrected chi connectivity index (χ3v) is 4.97. The van der Waals surface area contributed by atoms with Crippen molar-refractivity contribution in [2.45, 2.75) is 31.1 Å². The molecule has 2 rings (SSSR count). The van der Waals surface area contributed by atoms with Gasteiger partial charge in [-0.3, -0.25) is 9.97 Å². The Morgan fingerprint density at radius 3 is 2.72 bits per heavy atom. The zero-order valence-electron chi connectivity index (χ0n) is 10.3. The van der Waals surface area contributed by atoms with Crippen LogP contribution < -0.4 is 10.0 Å². The average Bonchev–Trinajstić information content (AvgIpc) is 2.39. The fourth-order valence-electron chi connectivity index (χ4n) is 1.95. The van der Waals surface area contributed by atoms with E-state index in [-0.39, 0.29) is 6.04 Å². The molecular formula is C11H18N4O2S. The minimum absolute atomic E-state index is 0.0235. The van der Waals surface area contributed by atoms with Crippen LogP contribution in [0.25, 0.3) is 0 Å². The Bertz CT molecular complexity index is 471. The van der Waals surface area contributed by atoms with Gasteiger partial charge in [-0.2, -0.15) is 0 Å². The molecule has 1 aliphatic rings. The summed E-state index contributed by atoms with van der Waals surface area (Å²) >= 11 is 0. The lowest BCUT2D eigenvalue weighted by Crippen LogP contribution is -2.43. The van der Waals surface area contributed by atoms with E-state index in [1.807, 2.05) is 0 Å². The van der Waals surface area contributed by atoms with E-state index >= 15 is 0 Å². The van der Waals surface area contributed by atoms with Gasteiger partial charge >= 0.3 is 0 Å². The molecular weight excluding hydrogens is 252 g/mol. The molecule has 0 aliphatic carbocycles. The first-order valence-electron chi connectivity index (χ1n) is 6.07. The van der Waals surface area contributed by atoms with Gasteiger partial charge in [-0.1, -0.05) is 0 Å². The fraction of sp³-hybridized carbons (Fsp3) is 0.636. The van der Waals surface area contributed by atoms with Crippen molar-refractivity contribution in [1.29, 1.82) is 0 Å². The molecule has 7 heteroatoms. The average molecular weight is 270 g/mol. The van der Waals surface area contributed by atoms with E-state index in [0.717, 1.165) is 25.9 Å². The van der Waals surface area contributed by atoms with Crippen molar-refractivity contribution in [3.05, 3.63) is 24.3 Å². The van der Waals surface area contributed by atoms with Crippen LogP contribution in [0.4, 0.5) is 0 Å². The lowest BCUT2D eigenvalue weighted by atomic mass is 10.1. The van der Waals surface area contributed by atoms with Crippen LogP contribution in [0.1, 0.15) is 30.7 Å². The highest BCUT2D eigenvalue weighted by Crippen LogP contribution is 2.19. The molecule has 1 aliphatic heterocycles. The first-order chi connectivity index (χ1) is 8.59. The second-order valence-electron chi connectivity index (χ2n) is 4.46. The quantitative estimate of drug-likeness (QED) is 0.817. The minimum Gasteiger partial charge on any atom is -0.317 e. The van der Waals surface area contributed by atoms with Crippen molar-refractivity contribution in [1.82, 2.24) is 20.0 Å². The van der Waals surface area contributed by atoms with E-state index in [9.17, 15) is 8.42 Å². The summed E-state index contributed by atoms with van der Waals surface area (Å²) in [4.78, 5) is 7.95. The number of aromatic nitrogens is 2. The van der Waals surface area contributed by atoms with Crippen LogP contribution >= 0.6 is 0 Å². The van der Waals surface area contributed by atoms with Crippen LogP contribution in [-0.4, -0.2) is 37.5 Å². The summed E-state index contributed by atoms with van der Waals surface area (Å²) in [7, 11) is -3.39. The van der Waals surface area contributed by atoms with Crippen LogP contribution in [0.3, 0.4) is 0 Å². The molecule has 0 bridgehead atoms. The predicted molar refractivity (Wildman–Crippen MR) is 68.4 cm³/mol. The van der Waals surface area contributed by atoms with Gasteiger partial charge in [0.15, 0.2) is 0 Å². The highest BCUT2D eigenvalue weighted by molar-refractivity contribution is 7.89. The van der Waals surface area contributed by atoms with E-state index in [1.54, 1.807) is 6.92 Å². The normalized spacial score (nSPS) is 19.6. The molecule has 1 aromatic rings. The molecule has 0 saturated carbocycles. The Kier molecular flexibility index (Phi) is 4.26. The van der Waals surface area contributed by atoms with Gasteiger partial charge < -0.3 is 5.32 Å². The summed E-state index contributed by atoms with van der Waals surface area (Å²) in [5.74, 6) is 0. The number of nitrogens with zero attached hydrogens (tertiary/aromatic N) is 2. The van der Waals surface area contributed by atoms with Crippen molar-refractivity contribution >= 4 is 10.0 Å². The van der Waals surface area contributed by atoms with Crippen LogP contribution in [0.5, 0.6) is 0 Å². The van der Waals surface area contributed by atoms with E-state index in [2.05, 4.69) is 20.0 Å². The maximum absolute atomic E-state index is 12.2. The zero-order valence-corrected chi connectivity index (χ0v) is 11.2. The summed E-state index contributed by atoms with van der Waals surface area (Å²) in [5.41, 5.74) is 0.471. The van der Waals surface area contributed by atoms with E-state index in [1.165, 1.54) is 18.6 Å².